The fourth-order valence-electron chi connectivity index (χ4n) is 6.38. The third-order valence-electron chi connectivity index (χ3n) is 8.38. The molecule has 0 aliphatic carbocycles. The van der Waals surface area contributed by atoms with Crippen LogP contribution in [0.2, 0.25) is 0 Å². The van der Waals surface area contributed by atoms with Crippen LogP contribution in [0.15, 0.2) is 152 Å². The number of hydrogen-bond donors (Lipinski definition) is 0. The van der Waals surface area contributed by atoms with Gasteiger partial charge in [-0.2, -0.15) is 0 Å². The molecule has 0 bridgehead atoms. The van der Waals surface area contributed by atoms with Gasteiger partial charge in [-0.25, -0.2) is 0 Å². The minimum Gasteiger partial charge on any atom is -0.263 e. The topological polar surface area (TPSA) is 25.8 Å². The van der Waals surface area contributed by atoms with Crippen LogP contribution in [0.25, 0.3) is 77.0 Å². The van der Waals surface area contributed by atoms with Crippen molar-refractivity contribution >= 4 is 32.3 Å². The van der Waals surface area contributed by atoms with E-state index in [1.807, 2.05) is 37.5 Å². The van der Waals surface area contributed by atoms with Crippen molar-refractivity contribution < 1.29 is 0 Å². The second-order valence-corrected chi connectivity index (χ2v) is 11.1. The zero-order valence-electron chi connectivity index (χ0n) is 23.8. The number of fused-ring (bicyclic) bond motifs is 3. The summed E-state index contributed by atoms with van der Waals surface area (Å²) in [6.07, 6.45) is 3.82. The average molecular weight is 549 g/mol. The van der Waals surface area contributed by atoms with Gasteiger partial charge in [0, 0.05) is 29.2 Å². The van der Waals surface area contributed by atoms with Crippen LogP contribution in [-0.2, 0) is 0 Å². The van der Waals surface area contributed by atoms with Gasteiger partial charge in [-0.1, -0.05) is 109 Å². The predicted octanol–water partition coefficient (Wildman–Crippen LogP) is 10.9. The monoisotopic (exact) mass is 548 g/mol. The maximum absolute atomic E-state index is 4.69. The number of nitrogens with zero attached hydrogens (tertiary/aromatic N) is 2. The lowest BCUT2D eigenvalue weighted by Crippen LogP contribution is -1.91. The van der Waals surface area contributed by atoms with Gasteiger partial charge in [-0.15, -0.1) is 0 Å². The van der Waals surface area contributed by atoms with Crippen LogP contribution in [0.5, 0.6) is 0 Å². The highest BCUT2D eigenvalue weighted by atomic mass is 14.7. The van der Waals surface area contributed by atoms with E-state index in [9.17, 15) is 0 Å². The molecule has 0 aliphatic heterocycles. The summed E-state index contributed by atoms with van der Waals surface area (Å²) in [7, 11) is 0. The molecule has 202 valence electrons. The Balaban J connectivity index is 1.27. The zero-order chi connectivity index (χ0) is 28.8. The van der Waals surface area contributed by atoms with Gasteiger partial charge in [-0.05, 0) is 97.4 Å². The van der Waals surface area contributed by atoms with E-state index in [0.29, 0.717) is 0 Å². The summed E-state index contributed by atoms with van der Waals surface area (Å²) >= 11 is 0. The minimum absolute atomic E-state index is 0.942. The number of benzene rings is 6. The van der Waals surface area contributed by atoms with Crippen molar-refractivity contribution in [3.05, 3.63) is 158 Å². The summed E-state index contributed by atoms with van der Waals surface area (Å²) in [6.45, 7) is 2.02. The largest absolute Gasteiger partial charge is 0.263 e. The fraction of sp³-hybridized carbons (Fsp3) is 0.0244. The normalized spacial score (nSPS) is 11.4. The van der Waals surface area contributed by atoms with Gasteiger partial charge in [0.05, 0.1) is 5.69 Å². The minimum atomic E-state index is 0.942. The molecule has 2 aromatic heterocycles. The smallest absolute Gasteiger partial charge is 0.0720 e. The zero-order valence-corrected chi connectivity index (χ0v) is 23.8. The Morgan fingerprint density at radius 2 is 0.953 bits per heavy atom. The molecule has 43 heavy (non-hydrogen) atoms. The van der Waals surface area contributed by atoms with E-state index in [4.69, 9.17) is 4.98 Å². The van der Waals surface area contributed by atoms with Gasteiger partial charge in [0.25, 0.3) is 0 Å². The maximum atomic E-state index is 4.69. The molecule has 0 spiro atoms. The fourth-order valence-corrected chi connectivity index (χ4v) is 6.38. The SMILES string of the molecule is Cc1cccc(-c2cncc(-c3ccc4cc(-c5c6ccccc6c(-c6ccccc6)c6ccccc56)ccc4c3)c2)n1. The van der Waals surface area contributed by atoms with Crippen molar-refractivity contribution in [2.24, 2.45) is 0 Å². The Morgan fingerprint density at radius 1 is 0.395 bits per heavy atom. The molecule has 0 radical (unpaired) electrons. The van der Waals surface area contributed by atoms with Crippen molar-refractivity contribution in [1.29, 1.82) is 0 Å². The number of aromatic nitrogens is 2. The Bertz CT molecular complexity index is 2240. The molecule has 0 fully saturated rings. The van der Waals surface area contributed by atoms with Crippen LogP contribution in [0.3, 0.4) is 0 Å². The van der Waals surface area contributed by atoms with Crippen LogP contribution < -0.4 is 0 Å². The molecule has 0 saturated heterocycles. The highest BCUT2D eigenvalue weighted by Crippen LogP contribution is 2.44. The molecule has 0 aliphatic rings. The summed E-state index contributed by atoms with van der Waals surface area (Å²) in [5, 5.41) is 7.50. The highest BCUT2D eigenvalue weighted by molar-refractivity contribution is 6.21. The van der Waals surface area contributed by atoms with Gasteiger partial charge in [0.2, 0.25) is 0 Å². The first-order valence-corrected chi connectivity index (χ1v) is 14.7. The highest BCUT2D eigenvalue weighted by Gasteiger charge is 2.16. The van der Waals surface area contributed by atoms with Gasteiger partial charge in [0.15, 0.2) is 0 Å². The molecule has 8 rings (SSSR count). The predicted molar refractivity (Wildman–Crippen MR) is 181 cm³/mol. The number of rotatable bonds is 4. The van der Waals surface area contributed by atoms with Gasteiger partial charge in [0.1, 0.15) is 0 Å². The maximum Gasteiger partial charge on any atom is 0.0720 e. The number of aryl methyl sites for hydroxylation is 1. The van der Waals surface area contributed by atoms with E-state index in [-0.39, 0.29) is 0 Å². The van der Waals surface area contributed by atoms with Crippen molar-refractivity contribution in [3.63, 3.8) is 0 Å². The second kappa shape index (κ2) is 10.3. The Kier molecular flexibility index (Phi) is 6.05. The summed E-state index contributed by atoms with van der Waals surface area (Å²) in [4.78, 5) is 9.24. The van der Waals surface area contributed by atoms with Gasteiger partial charge in [-0.3, -0.25) is 9.97 Å². The Morgan fingerprint density at radius 3 is 1.60 bits per heavy atom. The lowest BCUT2D eigenvalue weighted by Gasteiger charge is -2.18. The van der Waals surface area contributed by atoms with E-state index in [0.717, 1.165) is 28.1 Å². The van der Waals surface area contributed by atoms with Crippen LogP contribution >= 0.6 is 0 Å². The molecule has 8 aromatic rings. The Hall–Kier alpha value is -5.60. The van der Waals surface area contributed by atoms with E-state index in [2.05, 4.69) is 126 Å². The third kappa shape index (κ3) is 4.45. The Labute approximate surface area is 251 Å². The van der Waals surface area contributed by atoms with Crippen molar-refractivity contribution in [3.8, 4) is 44.6 Å². The average Bonchev–Trinajstić information content (AvgIpc) is 3.07. The quantitative estimate of drug-likeness (QED) is 0.204. The van der Waals surface area contributed by atoms with Crippen LogP contribution in [0.4, 0.5) is 0 Å². The third-order valence-corrected chi connectivity index (χ3v) is 8.38. The summed E-state index contributed by atoms with van der Waals surface area (Å²) in [5.41, 5.74) is 10.2. The molecule has 6 aromatic carbocycles. The van der Waals surface area contributed by atoms with Crippen LogP contribution in [0, 0.1) is 6.92 Å². The van der Waals surface area contributed by atoms with Gasteiger partial charge >= 0.3 is 0 Å². The molecule has 2 heteroatoms. The van der Waals surface area contributed by atoms with Crippen LogP contribution in [-0.4, -0.2) is 9.97 Å². The first-order valence-electron chi connectivity index (χ1n) is 14.7. The second-order valence-electron chi connectivity index (χ2n) is 11.1. The first kappa shape index (κ1) is 25.1. The van der Waals surface area contributed by atoms with Crippen molar-refractivity contribution in [2.45, 2.75) is 6.92 Å². The van der Waals surface area contributed by atoms with E-state index < -0.39 is 0 Å². The molecule has 0 atom stereocenters. The molecule has 2 nitrogen and oxygen atoms in total. The summed E-state index contributed by atoms with van der Waals surface area (Å²) in [5.74, 6) is 0. The summed E-state index contributed by atoms with van der Waals surface area (Å²) in [6, 6.07) is 50.2. The van der Waals surface area contributed by atoms with Gasteiger partial charge < -0.3 is 0 Å². The number of pyridine rings is 2. The first-order chi connectivity index (χ1) is 21.2. The standard InChI is InChI=1S/C41H28N2/c1-27-10-9-17-39(43-27)34-24-33(25-42-26-34)31-19-18-30-23-32(21-20-29(30)22-31)41-37-15-7-5-13-35(37)40(28-11-3-2-4-12-28)36-14-6-8-16-38(36)41/h2-26H,1H3. The molecule has 0 unspecified atom stereocenters. The van der Waals surface area contributed by atoms with E-state index >= 15 is 0 Å². The number of hydrogen-bond acceptors (Lipinski definition) is 2. The van der Waals surface area contributed by atoms with Crippen molar-refractivity contribution in [1.82, 2.24) is 9.97 Å². The molecular weight excluding hydrogens is 520 g/mol. The molecular formula is C41H28N2. The molecule has 0 amide bonds. The van der Waals surface area contributed by atoms with Crippen molar-refractivity contribution in [2.75, 3.05) is 0 Å². The van der Waals surface area contributed by atoms with Crippen LogP contribution in [0.1, 0.15) is 5.69 Å². The molecule has 0 saturated carbocycles. The summed E-state index contributed by atoms with van der Waals surface area (Å²) < 4.78 is 0. The molecule has 0 N–H and O–H groups in total. The lowest BCUT2D eigenvalue weighted by molar-refractivity contribution is 1.20. The molecule has 2 heterocycles. The van der Waals surface area contributed by atoms with E-state index in [1.165, 1.54) is 54.6 Å². The van der Waals surface area contributed by atoms with E-state index in [1.54, 1.807) is 0 Å². The lowest BCUT2D eigenvalue weighted by atomic mass is 9.85.